The molecule has 1 aromatic heterocycles. The Morgan fingerprint density at radius 2 is 2.04 bits per heavy atom. The minimum Gasteiger partial charge on any atom is -0.349 e. The van der Waals surface area contributed by atoms with Gasteiger partial charge >= 0.3 is 0 Å². The third kappa shape index (κ3) is 3.32. The van der Waals surface area contributed by atoms with Crippen molar-refractivity contribution in [1.82, 2.24) is 20.1 Å². The lowest BCUT2D eigenvalue weighted by molar-refractivity contribution is -0.131. The van der Waals surface area contributed by atoms with Crippen LogP contribution in [0.15, 0.2) is 35.3 Å². The highest BCUT2D eigenvalue weighted by atomic mass is 32.1. The molecule has 4 rings (SSSR count). The third-order valence-electron chi connectivity index (χ3n) is 4.97. The van der Waals surface area contributed by atoms with Crippen LogP contribution in [0, 0.1) is 0 Å². The molecule has 1 aromatic carbocycles. The lowest BCUT2D eigenvalue weighted by Gasteiger charge is -2.34. The quantitative estimate of drug-likeness (QED) is 0.801. The predicted molar refractivity (Wildman–Crippen MR) is 106 cm³/mol. The molecule has 140 valence electrons. The Bertz CT molecular complexity index is 921. The average molecular weight is 383 g/mol. The highest BCUT2D eigenvalue weighted by Gasteiger charge is 2.46. The van der Waals surface area contributed by atoms with Crippen LogP contribution >= 0.6 is 11.3 Å². The fourth-order valence-electron chi connectivity index (χ4n) is 3.36. The van der Waals surface area contributed by atoms with E-state index >= 15 is 0 Å². The molecule has 0 saturated carbocycles. The number of para-hydroxylation sites is 1. The molecule has 2 aromatic rings. The number of carbonyl (C=O) groups excluding carboxylic acids is 2. The number of aliphatic imine (C=N–C) groups is 1. The summed E-state index contributed by atoms with van der Waals surface area (Å²) in [7, 11) is 3.70. The number of likely N-dealkylation sites (tertiary alicyclic amines) is 1. The minimum atomic E-state index is -0.729. The fraction of sp³-hybridized carbons (Fsp3) is 0.368. The van der Waals surface area contributed by atoms with E-state index in [0.29, 0.717) is 31.9 Å². The molecule has 2 aliphatic heterocycles. The molecule has 2 amide bonds. The van der Waals surface area contributed by atoms with Crippen LogP contribution < -0.4 is 5.32 Å². The summed E-state index contributed by atoms with van der Waals surface area (Å²) in [4.78, 5) is 37.5. The number of piperidine rings is 1. The highest BCUT2D eigenvalue weighted by Crippen LogP contribution is 2.30. The number of hydrogen-bond acceptors (Lipinski definition) is 6. The van der Waals surface area contributed by atoms with Crippen molar-refractivity contribution in [3.8, 4) is 0 Å². The number of thiazole rings is 1. The second-order valence-electron chi connectivity index (χ2n) is 6.99. The van der Waals surface area contributed by atoms with Gasteiger partial charge in [0.1, 0.15) is 10.5 Å². The Morgan fingerprint density at radius 1 is 1.30 bits per heavy atom. The van der Waals surface area contributed by atoms with E-state index in [0.717, 1.165) is 15.2 Å². The molecule has 0 aliphatic carbocycles. The van der Waals surface area contributed by atoms with Crippen molar-refractivity contribution in [2.24, 2.45) is 4.99 Å². The molecule has 1 N–H and O–H groups in total. The first-order valence-electron chi connectivity index (χ1n) is 8.88. The number of rotatable bonds is 2. The Kier molecular flexibility index (Phi) is 4.43. The predicted octanol–water partition coefficient (Wildman–Crippen LogP) is 1.72. The van der Waals surface area contributed by atoms with E-state index in [1.165, 1.54) is 0 Å². The number of amides is 2. The van der Waals surface area contributed by atoms with E-state index in [1.807, 2.05) is 38.4 Å². The lowest BCUT2D eigenvalue weighted by atomic mass is 9.88. The number of fused-ring (bicyclic) bond motifs is 1. The van der Waals surface area contributed by atoms with Gasteiger partial charge in [0.25, 0.3) is 5.91 Å². The van der Waals surface area contributed by atoms with Crippen LogP contribution in [0.4, 0.5) is 0 Å². The number of benzene rings is 1. The zero-order chi connectivity index (χ0) is 19.0. The zero-order valence-electron chi connectivity index (χ0n) is 15.3. The number of guanidine groups is 1. The van der Waals surface area contributed by atoms with E-state index in [4.69, 9.17) is 0 Å². The van der Waals surface area contributed by atoms with E-state index in [-0.39, 0.29) is 11.8 Å². The molecular formula is C19H21N5O2S. The Labute approximate surface area is 161 Å². The van der Waals surface area contributed by atoms with Gasteiger partial charge in [-0.05, 0) is 31.1 Å². The van der Waals surface area contributed by atoms with Crippen LogP contribution in [0.2, 0.25) is 0 Å². The second kappa shape index (κ2) is 6.77. The largest absolute Gasteiger partial charge is 0.349 e. The maximum atomic E-state index is 12.5. The SMILES string of the molecule is CN(C)C1=NC2(CCN(C(=O)/C=C/c3nc4ccccc4s3)CC2)C(=O)N1. The molecule has 2 aliphatic rings. The molecule has 8 heteroatoms. The van der Waals surface area contributed by atoms with E-state index in [1.54, 1.807) is 33.3 Å². The van der Waals surface area contributed by atoms with Gasteiger partial charge in [-0.2, -0.15) is 0 Å². The summed E-state index contributed by atoms with van der Waals surface area (Å²) < 4.78 is 1.10. The van der Waals surface area contributed by atoms with Gasteiger partial charge < -0.3 is 9.80 Å². The molecular weight excluding hydrogens is 362 g/mol. The molecule has 1 saturated heterocycles. The number of hydrogen-bond donors (Lipinski definition) is 1. The zero-order valence-corrected chi connectivity index (χ0v) is 16.1. The summed E-state index contributed by atoms with van der Waals surface area (Å²) in [5.41, 5.74) is 0.212. The summed E-state index contributed by atoms with van der Waals surface area (Å²) in [6.07, 6.45) is 4.41. The van der Waals surface area contributed by atoms with Crippen LogP contribution in [0.3, 0.4) is 0 Å². The van der Waals surface area contributed by atoms with E-state index in [2.05, 4.69) is 15.3 Å². The Balaban J connectivity index is 1.41. The standard InChI is InChI=1S/C19H21N5O2S/c1-23(2)18-21-17(26)19(22-18)9-11-24(12-10-19)16(25)8-7-15-20-13-5-3-4-6-14(13)27-15/h3-8H,9-12H2,1-2H3,(H,21,22,26)/b8-7+. The van der Waals surface area contributed by atoms with Crippen molar-refractivity contribution >= 4 is 45.4 Å². The first-order chi connectivity index (χ1) is 13.0. The van der Waals surface area contributed by atoms with Crippen molar-refractivity contribution in [2.75, 3.05) is 27.2 Å². The van der Waals surface area contributed by atoms with Crippen LogP contribution in [-0.4, -0.2) is 65.3 Å². The second-order valence-corrected chi connectivity index (χ2v) is 8.06. The molecule has 0 radical (unpaired) electrons. The summed E-state index contributed by atoms with van der Waals surface area (Å²) in [5, 5.41) is 3.64. The van der Waals surface area contributed by atoms with Crippen molar-refractivity contribution in [1.29, 1.82) is 0 Å². The lowest BCUT2D eigenvalue weighted by Crippen LogP contribution is -2.50. The summed E-state index contributed by atoms with van der Waals surface area (Å²) in [6, 6.07) is 7.91. The Hall–Kier alpha value is -2.74. The highest BCUT2D eigenvalue weighted by molar-refractivity contribution is 7.19. The smallest absolute Gasteiger partial charge is 0.254 e. The van der Waals surface area contributed by atoms with Crippen molar-refractivity contribution in [2.45, 2.75) is 18.4 Å². The van der Waals surface area contributed by atoms with Gasteiger partial charge in [-0.1, -0.05) is 12.1 Å². The monoisotopic (exact) mass is 383 g/mol. The average Bonchev–Trinajstić information content (AvgIpc) is 3.22. The first kappa shape index (κ1) is 17.7. The van der Waals surface area contributed by atoms with Crippen molar-refractivity contribution in [3.05, 3.63) is 35.3 Å². The topological polar surface area (TPSA) is 77.9 Å². The van der Waals surface area contributed by atoms with E-state index < -0.39 is 5.54 Å². The van der Waals surface area contributed by atoms with Gasteiger partial charge in [-0.25, -0.2) is 9.98 Å². The van der Waals surface area contributed by atoms with Crippen LogP contribution in [-0.2, 0) is 9.59 Å². The van der Waals surface area contributed by atoms with Gasteiger partial charge in [0, 0.05) is 33.3 Å². The van der Waals surface area contributed by atoms with Crippen molar-refractivity contribution in [3.63, 3.8) is 0 Å². The van der Waals surface area contributed by atoms with Gasteiger partial charge in [-0.3, -0.25) is 14.9 Å². The molecule has 0 bridgehead atoms. The number of carbonyl (C=O) groups is 2. The number of nitrogens with zero attached hydrogens (tertiary/aromatic N) is 4. The van der Waals surface area contributed by atoms with Gasteiger partial charge in [-0.15, -0.1) is 11.3 Å². The fourth-order valence-corrected chi connectivity index (χ4v) is 4.23. The maximum Gasteiger partial charge on any atom is 0.254 e. The molecule has 0 unspecified atom stereocenters. The molecule has 1 spiro atoms. The third-order valence-corrected chi connectivity index (χ3v) is 5.97. The minimum absolute atomic E-state index is 0.0562. The number of nitrogens with one attached hydrogen (secondary N) is 1. The summed E-state index contributed by atoms with van der Waals surface area (Å²) in [5.74, 6) is 0.471. The van der Waals surface area contributed by atoms with Gasteiger partial charge in [0.15, 0.2) is 0 Å². The Morgan fingerprint density at radius 3 is 2.70 bits per heavy atom. The molecule has 7 nitrogen and oxygen atoms in total. The van der Waals surface area contributed by atoms with Crippen molar-refractivity contribution < 1.29 is 9.59 Å². The van der Waals surface area contributed by atoms with Gasteiger partial charge in [0.05, 0.1) is 10.2 Å². The van der Waals surface area contributed by atoms with Crippen LogP contribution in [0.25, 0.3) is 16.3 Å². The molecule has 3 heterocycles. The first-order valence-corrected chi connectivity index (χ1v) is 9.70. The van der Waals surface area contributed by atoms with Gasteiger partial charge in [0.2, 0.25) is 11.9 Å². The molecule has 0 atom stereocenters. The molecule has 1 fully saturated rings. The number of aromatic nitrogens is 1. The maximum absolute atomic E-state index is 12.5. The molecule has 27 heavy (non-hydrogen) atoms. The normalized spacial score (nSPS) is 19.0. The summed E-state index contributed by atoms with van der Waals surface area (Å²) in [6.45, 7) is 1.03. The van der Waals surface area contributed by atoms with Crippen LogP contribution in [0.1, 0.15) is 17.8 Å². The van der Waals surface area contributed by atoms with Crippen LogP contribution in [0.5, 0.6) is 0 Å². The van der Waals surface area contributed by atoms with E-state index in [9.17, 15) is 9.59 Å². The summed E-state index contributed by atoms with van der Waals surface area (Å²) >= 11 is 1.56.